The summed E-state index contributed by atoms with van der Waals surface area (Å²) in [6.07, 6.45) is 60.9. The summed E-state index contributed by atoms with van der Waals surface area (Å²) < 4.78 is 5.48. The van der Waals surface area contributed by atoms with Crippen molar-refractivity contribution in [1.29, 1.82) is 0 Å². The Labute approximate surface area is 394 Å². The van der Waals surface area contributed by atoms with E-state index in [0.717, 1.165) is 38.5 Å². The number of nitrogens with one attached hydrogen (secondary N) is 1. The Morgan fingerprint density at radius 3 is 0.968 bits per heavy atom. The molecule has 0 saturated heterocycles. The van der Waals surface area contributed by atoms with Crippen molar-refractivity contribution in [3.63, 3.8) is 0 Å². The Morgan fingerprint density at radius 2 is 0.651 bits per heavy atom. The smallest absolute Gasteiger partial charge is 0.305 e. The maximum absolute atomic E-state index is 12.5. The van der Waals surface area contributed by atoms with E-state index in [1.54, 1.807) is 0 Å². The molecule has 0 heterocycles. The number of unbranched alkanes of at least 4 members (excludes halogenated alkanes) is 43. The number of amides is 1. The molecule has 0 radical (unpaired) electrons. The normalized spacial score (nSPS) is 12.5. The van der Waals surface area contributed by atoms with Gasteiger partial charge in [-0.25, -0.2) is 0 Å². The molecule has 0 aromatic heterocycles. The van der Waals surface area contributed by atoms with Gasteiger partial charge in [0.25, 0.3) is 0 Å². The van der Waals surface area contributed by atoms with Crippen LogP contribution in [0.15, 0.2) is 0 Å². The van der Waals surface area contributed by atoms with Crippen LogP contribution in [0.1, 0.15) is 328 Å². The molecular formula is C57H113NO5. The fourth-order valence-electron chi connectivity index (χ4n) is 9.23. The summed E-state index contributed by atoms with van der Waals surface area (Å²) in [6, 6.07) is -0.544. The molecule has 6 nitrogen and oxygen atoms in total. The first-order valence-corrected chi connectivity index (χ1v) is 28.8. The zero-order valence-electron chi connectivity index (χ0n) is 42.8. The Bertz CT molecular complexity index is 898. The summed E-state index contributed by atoms with van der Waals surface area (Å²) in [5, 5.41) is 23.3. The largest absolute Gasteiger partial charge is 0.466 e. The molecule has 0 aliphatic heterocycles. The lowest BCUT2D eigenvalue weighted by atomic mass is 10.0. The molecule has 0 aliphatic rings. The monoisotopic (exact) mass is 892 g/mol. The number of esters is 1. The molecule has 0 spiro atoms. The molecule has 6 heteroatoms. The minimum Gasteiger partial charge on any atom is -0.466 e. The van der Waals surface area contributed by atoms with Crippen molar-refractivity contribution in [2.24, 2.45) is 0 Å². The van der Waals surface area contributed by atoms with E-state index in [0.29, 0.717) is 25.9 Å². The summed E-state index contributed by atoms with van der Waals surface area (Å²) in [5.74, 6) is -0.0290. The van der Waals surface area contributed by atoms with Crippen molar-refractivity contribution in [3.05, 3.63) is 0 Å². The van der Waals surface area contributed by atoms with E-state index in [2.05, 4.69) is 19.2 Å². The molecule has 1 amide bonds. The predicted molar refractivity (Wildman–Crippen MR) is 274 cm³/mol. The predicted octanol–water partition coefficient (Wildman–Crippen LogP) is 17.5. The van der Waals surface area contributed by atoms with Gasteiger partial charge in [-0.15, -0.1) is 0 Å². The van der Waals surface area contributed by atoms with Gasteiger partial charge in [0.05, 0.1) is 25.4 Å². The van der Waals surface area contributed by atoms with Crippen LogP contribution in [0, 0.1) is 0 Å². The number of hydrogen-bond donors (Lipinski definition) is 3. The van der Waals surface area contributed by atoms with Gasteiger partial charge in [-0.3, -0.25) is 9.59 Å². The van der Waals surface area contributed by atoms with Crippen molar-refractivity contribution in [3.8, 4) is 0 Å². The maximum atomic E-state index is 12.5. The van der Waals surface area contributed by atoms with Gasteiger partial charge in [-0.2, -0.15) is 0 Å². The number of ether oxygens (including phenoxy) is 1. The lowest BCUT2D eigenvalue weighted by Gasteiger charge is -2.22. The van der Waals surface area contributed by atoms with E-state index >= 15 is 0 Å². The topological polar surface area (TPSA) is 95.9 Å². The van der Waals surface area contributed by atoms with E-state index < -0.39 is 12.1 Å². The Balaban J connectivity index is 3.39. The van der Waals surface area contributed by atoms with E-state index in [1.165, 1.54) is 257 Å². The maximum Gasteiger partial charge on any atom is 0.305 e. The van der Waals surface area contributed by atoms with Gasteiger partial charge in [0.2, 0.25) is 5.91 Å². The minimum atomic E-state index is -0.666. The number of aliphatic hydroxyl groups excluding tert-OH is 2. The molecule has 2 atom stereocenters. The van der Waals surface area contributed by atoms with Crippen LogP contribution >= 0.6 is 0 Å². The van der Waals surface area contributed by atoms with Gasteiger partial charge in [-0.05, 0) is 25.7 Å². The zero-order valence-corrected chi connectivity index (χ0v) is 42.8. The highest BCUT2D eigenvalue weighted by atomic mass is 16.5. The quantitative estimate of drug-likeness (QED) is 0.0418. The summed E-state index contributed by atoms with van der Waals surface area (Å²) in [6.45, 7) is 4.97. The third-order valence-corrected chi connectivity index (χ3v) is 13.7. The molecule has 3 N–H and O–H groups in total. The second-order valence-corrected chi connectivity index (χ2v) is 20.0. The molecule has 0 bridgehead atoms. The van der Waals surface area contributed by atoms with Crippen molar-refractivity contribution in [2.75, 3.05) is 13.2 Å². The molecule has 0 fully saturated rings. The molecule has 2 unspecified atom stereocenters. The van der Waals surface area contributed by atoms with Crippen LogP contribution in [0.3, 0.4) is 0 Å². The standard InChI is InChI=1S/C57H113NO5/c1-3-5-7-9-11-13-15-17-22-25-29-33-37-41-45-49-55(60)54(53-59)58-56(61)50-46-42-38-34-30-26-23-20-19-21-24-28-32-36-40-44-48-52-63-57(62)51-47-43-39-35-31-27-18-16-14-12-10-8-6-4-2/h54-55,59-60H,3-53H2,1-2H3,(H,58,61). The van der Waals surface area contributed by atoms with Crippen LogP contribution in [0.25, 0.3) is 0 Å². The second kappa shape index (κ2) is 53.5. The molecule has 0 rings (SSSR count). The first-order chi connectivity index (χ1) is 31.0. The summed E-state index contributed by atoms with van der Waals surface area (Å²) in [4.78, 5) is 24.5. The van der Waals surface area contributed by atoms with E-state index in [-0.39, 0.29) is 18.5 Å². The highest BCUT2D eigenvalue weighted by Gasteiger charge is 2.20. The Kier molecular flexibility index (Phi) is 52.5. The number of carbonyl (C=O) groups excluding carboxylic acids is 2. The van der Waals surface area contributed by atoms with Crippen molar-refractivity contribution in [1.82, 2.24) is 5.32 Å². The zero-order chi connectivity index (χ0) is 45.8. The average Bonchev–Trinajstić information content (AvgIpc) is 3.28. The number of rotatable bonds is 54. The average molecular weight is 893 g/mol. The fraction of sp³-hybridized carbons (Fsp3) is 0.965. The first-order valence-electron chi connectivity index (χ1n) is 28.8. The number of aliphatic hydroxyl groups is 2. The van der Waals surface area contributed by atoms with Gasteiger partial charge in [0.15, 0.2) is 0 Å². The van der Waals surface area contributed by atoms with Gasteiger partial charge < -0.3 is 20.3 Å². The number of carbonyl (C=O) groups is 2. The van der Waals surface area contributed by atoms with Crippen LogP contribution in [-0.4, -0.2) is 47.4 Å². The molecular weight excluding hydrogens is 779 g/mol. The van der Waals surface area contributed by atoms with E-state index in [4.69, 9.17) is 4.74 Å². The van der Waals surface area contributed by atoms with Crippen LogP contribution < -0.4 is 5.32 Å². The second-order valence-electron chi connectivity index (χ2n) is 20.0. The van der Waals surface area contributed by atoms with Crippen LogP contribution in [0.2, 0.25) is 0 Å². The number of hydrogen-bond acceptors (Lipinski definition) is 5. The highest BCUT2D eigenvalue weighted by Crippen LogP contribution is 2.18. The Hall–Kier alpha value is -1.14. The van der Waals surface area contributed by atoms with Crippen LogP contribution in [-0.2, 0) is 14.3 Å². The van der Waals surface area contributed by atoms with Gasteiger partial charge in [0.1, 0.15) is 0 Å². The van der Waals surface area contributed by atoms with Crippen molar-refractivity contribution < 1.29 is 24.5 Å². The third kappa shape index (κ3) is 50.1. The first kappa shape index (κ1) is 61.9. The van der Waals surface area contributed by atoms with E-state index in [9.17, 15) is 19.8 Å². The molecule has 0 saturated carbocycles. The molecule has 0 aromatic rings. The van der Waals surface area contributed by atoms with Gasteiger partial charge >= 0.3 is 5.97 Å². The highest BCUT2D eigenvalue weighted by molar-refractivity contribution is 5.76. The van der Waals surface area contributed by atoms with Crippen molar-refractivity contribution >= 4 is 11.9 Å². The summed E-state index contributed by atoms with van der Waals surface area (Å²) >= 11 is 0. The van der Waals surface area contributed by atoms with Crippen LogP contribution in [0.5, 0.6) is 0 Å². The minimum absolute atomic E-state index is 0.00854. The van der Waals surface area contributed by atoms with Crippen LogP contribution in [0.4, 0.5) is 0 Å². The lowest BCUT2D eigenvalue weighted by Crippen LogP contribution is -2.45. The molecule has 0 aliphatic carbocycles. The lowest BCUT2D eigenvalue weighted by molar-refractivity contribution is -0.143. The van der Waals surface area contributed by atoms with Crippen molar-refractivity contribution in [2.45, 2.75) is 341 Å². The Morgan fingerprint density at radius 1 is 0.381 bits per heavy atom. The fourth-order valence-corrected chi connectivity index (χ4v) is 9.23. The van der Waals surface area contributed by atoms with Gasteiger partial charge in [0, 0.05) is 12.8 Å². The summed E-state index contributed by atoms with van der Waals surface area (Å²) in [7, 11) is 0. The van der Waals surface area contributed by atoms with E-state index in [1.807, 2.05) is 0 Å². The molecule has 376 valence electrons. The third-order valence-electron chi connectivity index (χ3n) is 13.7. The summed E-state index contributed by atoms with van der Waals surface area (Å²) in [5.41, 5.74) is 0. The molecule has 0 aromatic carbocycles. The molecule has 63 heavy (non-hydrogen) atoms. The SMILES string of the molecule is CCCCCCCCCCCCCCCCCC(O)C(CO)NC(=O)CCCCCCCCCCCCCCCCCCCOC(=O)CCCCCCCCCCCCCCCC. The van der Waals surface area contributed by atoms with Gasteiger partial charge in [-0.1, -0.05) is 290 Å².